The zero-order valence-corrected chi connectivity index (χ0v) is 10.1. The van der Waals surface area contributed by atoms with Gasteiger partial charge < -0.3 is 5.73 Å². The summed E-state index contributed by atoms with van der Waals surface area (Å²) in [5.74, 6) is 2.65. The first kappa shape index (κ1) is 12.0. The summed E-state index contributed by atoms with van der Waals surface area (Å²) >= 11 is 0. The summed E-state index contributed by atoms with van der Waals surface area (Å²) in [5, 5.41) is 0. The van der Waals surface area contributed by atoms with Gasteiger partial charge in [-0.05, 0) is 30.6 Å². The van der Waals surface area contributed by atoms with Crippen molar-refractivity contribution in [3.8, 4) is 0 Å². The summed E-state index contributed by atoms with van der Waals surface area (Å²) in [6.07, 6.45) is 8.18. The molecule has 0 radical (unpaired) electrons. The monoisotopic (exact) mass is 197 g/mol. The maximum Gasteiger partial charge on any atom is 0.00439 e. The Hall–Kier alpha value is -0.0400. The Balaban J connectivity index is 2.17. The average Bonchev–Trinajstić information content (AvgIpc) is 2.07. The van der Waals surface area contributed by atoms with Crippen LogP contribution >= 0.6 is 0 Å². The Morgan fingerprint density at radius 3 is 2.21 bits per heavy atom. The van der Waals surface area contributed by atoms with E-state index >= 15 is 0 Å². The second-order valence-corrected chi connectivity index (χ2v) is 5.75. The van der Waals surface area contributed by atoms with E-state index in [2.05, 4.69) is 20.8 Å². The molecule has 1 unspecified atom stereocenters. The van der Waals surface area contributed by atoms with Crippen LogP contribution in [-0.4, -0.2) is 6.04 Å². The van der Waals surface area contributed by atoms with Crippen molar-refractivity contribution < 1.29 is 0 Å². The van der Waals surface area contributed by atoms with Crippen molar-refractivity contribution in [2.24, 2.45) is 23.5 Å². The van der Waals surface area contributed by atoms with E-state index in [9.17, 15) is 0 Å². The van der Waals surface area contributed by atoms with Crippen molar-refractivity contribution in [2.45, 2.75) is 65.3 Å². The highest BCUT2D eigenvalue weighted by molar-refractivity contribution is 4.75. The molecule has 1 aliphatic rings. The van der Waals surface area contributed by atoms with Crippen molar-refractivity contribution in [1.82, 2.24) is 0 Å². The summed E-state index contributed by atoms with van der Waals surface area (Å²) in [5.41, 5.74) is 6.14. The minimum Gasteiger partial charge on any atom is -0.328 e. The Morgan fingerprint density at radius 2 is 1.71 bits per heavy atom. The largest absolute Gasteiger partial charge is 0.328 e. The van der Waals surface area contributed by atoms with Gasteiger partial charge in [0.25, 0.3) is 0 Å². The fraction of sp³-hybridized carbons (Fsp3) is 1.00. The fourth-order valence-corrected chi connectivity index (χ4v) is 2.69. The first-order chi connectivity index (χ1) is 6.58. The van der Waals surface area contributed by atoms with E-state index in [1.165, 1.54) is 38.5 Å². The minimum absolute atomic E-state index is 0.452. The van der Waals surface area contributed by atoms with Crippen LogP contribution in [0.2, 0.25) is 0 Å². The first-order valence-corrected chi connectivity index (χ1v) is 6.33. The zero-order valence-electron chi connectivity index (χ0n) is 10.1. The van der Waals surface area contributed by atoms with Crippen molar-refractivity contribution in [3.63, 3.8) is 0 Å². The second kappa shape index (κ2) is 5.75. The van der Waals surface area contributed by atoms with E-state index < -0.39 is 0 Å². The van der Waals surface area contributed by atoms with Gasteiger partial charge in [0, 0.05) is 6.04 Å². The lowest BCUT2D eigenvalue weighted by Crippen LogP contribution is -2.27. The molecular weight excluding hydrogens is 170 g/mol. The van der Waals surface area contributed by atoms with E-state index in [4.69, 9.17) is 5.73 Å². The molecule has 0 bridgehead atoms. The van der Waals surface area contributed by atoms with Crippen LogP contribution in [0.15, 0.2) is 0 Å². The molecule has 1 saturated carbocycles. The van der Waals surface area contributed by atoms with Gasteiger partial charge in [0.1, 0.15) is 0 Å². The van der Waals surface area contributed by atoms with Crippen LogP contribution in [0.25, 0.3) is 0 Å². The van der Waals surface area contributed by atoms with Crippen LogP contribution in [0.1, 0.15) is 59.3 Å². The number of hydrogen-bond acceptors (Lipinski definition) is 1. The number of hydrogen-bond donors (Lipinski definition) is 1. The van der Waals surface area contributed by atoms with Crippen LogP contribution in [0.5, 0.6) is 0 Å². The molecule has 1 heteroatoms. The molecule has 0 saturated heterocycles. The molecule has 2 N–H and O–H groups in total. The van der Waals surface area contributed by atoms with E-state index in [1.807, 2.05) is 0 Å². The second-order valence-electron chi connectivity index (χ2n) is 5.75. The average molecular weight is 197 g/mol. The molecule has 14 heavy (non-hydrogen) atoms. The SMILES string of the molecule is CC(C)CC(N)CC1CCC(C)CC1. The van der Waals surface area contributed by atoms with Gasteiger partial charge in [-0.3, -0.25) is 0 Å². The van der Waals surface area contributed by atoms with Crippen LogP contribution in [0.4, 0.5) is 0 Å². The third-order valence-corrected chi connectivity index (χ3v) is 3.55. The molecule has 0 aliphatic heterocycles. The van der Waals surface area contributed by atoms with Gasteiger partial charge in [-0.1, -0.05) is 46.5 Å². The lowest BCUT2D eigenvalue weighted by atomic mass is 9.79. The molecule has 1 fully saturated rings. The number of rotatable bonds is 4. The highest BCUT2D eigenvalue weighted by Gasteiger charge is 2.20. The summed E-state index contributed by atoms with van der Waals surface area (Å²) in [4.78, 5) is 0. The Labute approximate surface area is 89.5 Å². The molecular formula is C13H27N. The topological polar surface area (TPSA) is 26.0 Å². The van der Waals surface area contributed by atoms with Crippen LogP contribution in [0.3, 0.4) is 0 Å². The van der Waals surface area contributed by atoms with Gasteiger partial charge in [-0.2, -0.15) is 0 Å². The maximum atomic E-state index is 6.14. The standard InChI is InChI=1S/C13H27N/c1-10(2)8-13(14)9-12-6-4-11(3)5-7-12/h10-13H,4-9,14H2,1-3H3. The fourth-order valence-electron chi connectivity index (χ4n) is 2.69. The summed E-state index contributed by atoms with van der Waals surface area (Å²) in [7, 11) is 0. The Bertz CT molecular complexity index is 145. The van der Waals surface area contributed by atoms with E-state index in [1.54, 1.807) is 0 Å². The molecule has 1 aliphatic carbocycles. The lowest BCUT2D eigenvalue weighted by Gasteiger charge is -2.28. The van der Waals surface area contributed by atoms with Crippen molar-refractivity contribution in [3.05, 3.63) is 0 Å². The van der Waals surface area contributed by atoms with Crippen LogP contribution in [-0.2, 0) is 0 Å². The lowest BCUT2D eigenvalue weighted by molar-refractivity contribution is 0.257. The molecule has 0 amide bonds. The van der Waals surface area contributed by atoms with Crippen molar-refractivity contribution in [2.75, 3.05) is 0 Å². The van der Waals surface area contributed by atoms with Gasteiger partial charge in [0.15, 0.2) is 0 Å². The number of nitrogens with two attached hydrogens (primary N) is 1. The van der Waals surface area contributed by atoms with E-state index in [0.29, 0.717) is 6.04 Å². The molecule has 1 atom stereocenters. The van der Waals surface area contributed by atoms with Crippen molar-refractivity contribution in [1.29, 1.82) is 0 Å². The zero-order chi connectivity index (χ0) is 10.6. The van der Waals surface area contributed by atoms with Gasteiger partial charge in [0.2, 0.25) is 0 Å². The van der Waals surface area contributed by atoms with Gasteiger partial charge in [0.05, 0.1) is 0 Å². The summed E-state index contributed by atoms with van der Waals surface area (Å²) in [6.45, 7) is 6.91. The van der Waals surface area contributed by atoms with Crippen molar-refractivity contribution >= 4 is 0 Å². The minimum atomic E-state index is 0.452. The third kappa shape index (κ3) is 4.45. The maximum absolute atomic E-state index is 6.14. The van der Waals surface area contributed by atoms with Gasteiger partial charge in [-0.15, -0.1) is 0 Å². The first-order valence-electron chi connectivity index (χ1n) is 6.33. The van der Waals surface area contributed by atoms with Gasteiger partial charge in [-0.25, -0.2) is 0 Å². The summed E-state index contributed by atoms with van der Waals surface area (Å²) < 4.78 is 0. The molecule has 1 nitrogen and oxygen atoms in total. The highest BCUT2D eigenvalue weighted by Crippen LogP contribution is 2.31. The van der Waals surface area contributed by atoms with Crippen LogP contribution < -0.4 is 5.73 Å². The Morgan fingerprint density at radius 1 is 1.14 bits per heavy atom. The molecule has 0 spiro atoms. The van der Waals surface area contributed by atoms with E-state index in [0.717, 1.165) is 17.8 Å². The predicted octanol–water partition coefficient (Wildman–Crippen LogP) is 3.58. The highest BCUT2D eigenvalue weighted by atomic mass is 14.6. The third-order valence-electron chi connectivity index (χ3n) is 3.55. The molecule has 0 aromatic carbocycles. The van der Waals surface area contributed by atoms with Gasteiger partial charge >= 0.3 is 0 Å². The molecule has 0 heterocycles. The molecule has 84 valence electrons. The molecule has 0 aromatic rings. The Kier molecular flexibility index (Phi) is 4.94. The normalized spacial score (nSPS) is 30.6. The van der Waals surface area contributed by atoms with Crippen LogP contribution in [0, 0.1) is 17.8 Å². The molecule has 0 aromatic heterocycles. The smallest absolute Gasteiger partial charge is 0.00439 e. The van der Waals surface area contributed by atoms with E-state index in [-0.39, 0.29) is 0 Å². The summed E-state index contributed by atoms with van der Waals surface area (Å²) in [6, 6.07) is 0.452. The predicted molar refractivity (Wildman–Crippen MR) is 63.2 cm³/mol. The quantitative estimate of drug-likeness (QED) is 0.732. The molecule has 1 rings (SSSR count).